The SMILES string of the molecule is O=[N+]([O-])N(C(=[Se])NC(F)F)[N+](=O)[O-]. The van der Waals surface area contributed by atoms with Crippen molar-refractivity contribution in [1.29, 1.82) is 0 Å². The second-order valence-electron chi connectivity index (χ2n) is 1.52. The molecule has 0 spiro atoms. The van der Waals surface area contributed by atoms with Crippen LogP contribution in [0.4, 0.5) is 8.78 Å². The molecule has 0 aliphatic carbocycles. The van der Waals surface area contributed by atoms with Crippen LogP contribution in [0, 0.1) is 20.2 Å². The molecule has 0 aliphatic rings. The minimum absolute atomic E-state index is 0.688. The molecular weight excluding hydrogens is 261 g/mol. The monoisotopic (exact) mass is 264 g/mol. The van der Waals surface area contributed by atoms with Gasteiger partial charge >= 0.3 is 76.3 Å². The third kappa shape index (κ3) is 3.71. The van der Waals surface area contributed by atoms with Gasteiger partial charge in [0.25, 0.3) is 0 Å². The predicted octanol–water partition coefficient (Wildman–Crippen LogP) is -1.26. The number of nitrogens with zero attached hydrogens (tertiary/aromatic N) is 3. The van der Waals surface area contributed by atoms with Crippen molar-refractivity contribution >= 4 is 20.2 Å². The van der Waals surface area contributed by atoms with Crippen LogP contribution in [-0.4, -0.2) is 42.0 Å². The van der Waals surface area contributed by atoms with E-state index in [1.807, 2.05) is 0 Å². The van der Waals surface area contributed by atoms with Gasteiger partial charge in [-0.25, -0.2) is 0 Å². The molecule has 0 aromatic rings. The number of halogens is 2. The van der Waals surface area contributed by atoms with Crippen molar-refractivity contribution in [3.63, 3.8) is 0 Å². The first-order valence-corrected chi connectivity index (χ1v) is 3.39. The molecule has 0 saturated heterocycles. The standard InChI is InChI=1S/C2H2F2N4O4Se/c3-1(4)5-2(13)6(7(9)10)8(11)12/h1H,(H,5,13). The Morgan fingerprint density at radius 3 is 2.00 bits per heavy atom. The van der Waals surface area contributed by atoms with E-state index in [0.717, 1.165) is 0 Å². The van der Waals surface area contributed by atoms with Gasteiger partial charge in [-0.2, -0.15) is 0 Å². The fourth-order valence-corrected chi connectivity index (χ4v) is 0.826. The maximum absolute atomic E-state index is 11.5. The zero-order chi connectivity index (χ0) is 10.6. The first-order valence-electron chi connectivity index (χ1n) is 2.53. The third-order valence-electron chi connectivity index (χ3n) is 0.724. The Morgan fingerprint density at radius 2 is 1.77 bits per heavy atom. The van der Waals surface area contributed by atoms with Gasteiger partial charge in [0.2, 0.25) is 0 Å². The fraction of sp³-hybridized carbons (Fsp3) is 0.500. The molecule has 0 atom stereocenters. The molecule has 0 saturated carbocycles. The molecule has 0 radical (unpaired) electrons. The van der Waals surface area contributed by atoms with Crippen molar-refractivity contribution in [1.82, 2.24) is 10.4 Å². The first-order chi connectivity index (χ1) is 5.86. The molecule has 0 aliphatic heterocycles. The van der Waals surface area contributed by atoms with E-state index in [4.69, 9.17) is 0 Å². The first kappa shape index (κ1) is 11.6. The summed E-state index contributed by atoms with van der Waals surface area (Å²) in [5, 5.41) is 17.4. The normalized spacial score (nSPS) is 9.46. The summed E-state index contributed by atoms with van der Waals surface area (Å²) in [5.41, 5.74) is 0. The molecule has 0 aromatic carbocycles. The summed E-state index contributed by atoms with van der Waals surface area (Å²) < 4.78 is 22.1. The van der Waals surface area contributed by atoms with Crippen LogP contribution in [0.5, 0.6) is 0 Å². The number of alkyl halides is 2. The maximum atomic E-state index is 11.5. The van der Waals surface area contributed by atoms with E-state index in [9.17, 15) is 29.0 Å². The number of rotatable bonds is 5. The van der Waals surface area contributed by atoms with Crippen LogP contribution in [0.1, 0.15) is 0 Å². The molecule has 0 heterocycles. The molecule has 13 heavy (non-hydrogen) atoms. The molecule has 0 bridgehead atoms. The summed E-state index contributed by atoms with van der Waals surface area (Å²) in [7, 11) is 0. The van der Waals surface area contributed by atoms with Crippen LogP contribution < -0.4 is 5.32 Å². The van der Waals surface area contributed by atoms with Crippen LogP contribution >= 0.6 is 0 Å². The van der Waals surface area contributed by atoms with Gasteiger partial charge in [-0.3, -0.25) is 0 Å². The van der Waals surface area contributed by atoms with Crippen LogP contribution in [0.25, 0.3) is 0 Å². The molecule has 0 aromatic heterocycles. The van der Waals surface area contributed by atoms with Crippen LogP contribution in [0.3, 0.4) is 0 Å². The van der Waals surface area contributed by atoms with Gasteiger partial charge in [0.15, 0.2) is 0 Å². The van der Waals surface area contributed by atoms with Gasteiger partial charge in [0, 0.05) is 0 Å². The van der Waals surface area contributed by atoms with E-state index in [0.29, 0.717) is 0 Å². The summed E-state index contributed by atoms with van der Waals surface area (Å²) in [6.45, 7) is -3.13. The number of hydrogen-bond acceptors (Lipinski definition) is 5. The van der Waals surface area contributed by atoms with Crippen LogP contribution in [0.15, 0.2) is 0 Å². The van der Waals surface area contributed by atoms with Crippen molar-refractivity contribution < 1.29 is 18.8 Å². The molecule has 0 fully saturated rings. The Bertz CT molecular complexity index is 232. The Morgan fingerprint density at radius 1 is 1.38 bits per heavy atom. The minimum atomic E-state index is -3.13. The zero-order valence-corrected chi connectivity index (χ0v) is 7.43. The van der Waals surface area contributed by atoms with E-state index in [-0.39, 0.29) is 0 Å². The molecule has 11 heteroatoms. The van der Waals surface area contributed by atoms with Crippen molar-refractivity contribution in [3.05, 3.63) is 20.2 Å². The van der Waals surface area contributed by atoms with Crippen molar-refractivity contribution in [2.75, 3.05) is 0 Å². The van der Waals surface area contributed by atoms with Crippen LogP contribution in [-0.2, 0) is 0 Å². The molecule has 8 nitrogen and oxygen atoms in total. The second-order valence-corrected chi connectivity index (χ2v) is 2.33. The Kier molecular flexibility index (Phi) is 4.14. The van der Waals surface area contributed by atoms with Crippen molar-refractivity contribution in [2.24, 2.45) is 0 Å². The molecular formula is C2H2F2N4O4Se. The van der Waals surface area contributed by atoms with Crippen molar-refractivity contribution in [3.8, 4) is 0 Å². The van der Waals surface area contributed by atoms with Crippen LogP contribution in [0.2, 0.25) is 0 Å². The summed E-state index contributed by atoms with van der Waals surface area (Å²) in [6.07, 6.45) is 0. The average molecular weight is 263 g/mol. The molecule has 74 valence electrons. The van der Waals surface area contributed by atoms with Crippen molar-refractivity contribution in [2.45, 2.75) is 6.55 Å². The molecule has 0 unspecified atom stereocenters. The van der Waals surface area contributed by atoms with E-state index < -0.39 is 26.4 Å². The summed E-state index contributed by atoms with van der Waals surface area (Å²) >= 11 is 1.74. The van der Waals surface area contributed by atoms with E-state index in [1.54, 1.807) is 15.6 Å². The second kappa shape index (κ2) is 4.62. The molecule has 1 N–H and O–H groups in total. The Labute approximate surface area is 77.1 Å². The molecule has 0 amide bonds. The van der Waals surface area contributed by atoms with Gasteiger partial charge < -0.3 is 0 Å². The fourth-order valence-electron chi connectivity index (χ4n) is 0.359. The number of nitro groups is 2. The third-order valence-corrected chi connectivity index (χ3v) is 1.31. The summed E-state index contributed by atoms with van der Waals surface area (Å²) in [4.78, 5) is 19.9. The Balaban J connectivity index is 4.48. The molecule has 0 rings (SSSR count). The van der Waals surface area contributed by atoms with Gasteiger partial charge in [-0.15, -0.1) is 0 Å². The quantitative estimate of drug-likeness (QED) is 0.287. The van der Waals surface area contributed by atoms with Gasteiger partial charge in [-0.1, -0.05) is 0 Å². The average Bonchev–Trinajstić information content (AvgIpc) is 1.81. The number of hydrogen-bond donors (Lipinski definition) is 1. The summed E-state index contributed by atoms with van der Waals surface area (Å²) in [6, 6.07) is 0. The Hall–Kier alpha value is -1.35. The summed E-state index contributed by atoms with van der Waals surface area (Å²) in [5.74, 6) is 0. The zero-order valence-electron chi connectivity index (χ0n) is 5.72. The van der Waals surface area contributed by atoms with Gasteiger partial charge in [0.1, 0.15) is 0 Å². The van der Waals surface area contributed by atoms with Gasteiger partial charge in [0.05, 0.1) is 0 Å². The number of hydrazine groups is 2. The van der Waals surface area contributed by atoms with E-state index >= 15 is 0 Å². The number of nitrogens with one attached hydrogen (secondary N) is 1. The van der Waals surface area contributed by atoms with E-state index in [2.05, 4.69) is 0 Å². The van der Waals surface area contributed by atoms with Gasteiger partial charge in [-0.05, 0) is 0 Å². The van der Waals surface area contributed by atoms with E-state index in [1.165, 1.54) is 5.32 Å². The topological polar surface area (TPSA) is 102 Å². The predicted molar refractivity (Wildman–Crippen MR) is 35.7 cm³/mol.